The number of carbonyl (C=O) groups is 1. The number of anilines is 1. The molecule has 2 aromatic heterocycles. The van der Waals surface area contributed by atoms with E-state index >= 15 is 0 Å². The summed E-state index contributed by atoms with van der Waals surface area (Å²) < 4.78 is 30.5. The van der Waals surface area contributed by atoms with Crippen LogP contribution in [0.25, 0.3) is 16.7 Å². The lowest BCUT2D eigenvalue weighted by atomic mass is 10.0. The van der Waals surface area contributed by atoms with Crippen LogP contribution >= 0.6 is 0 Å². The van der Waals surface area contributed by atoms with Crippen molar-refractivity contribution >= 4 is 22.8 Å². The van der Waals surface area contributed by atoms with Crippen LogP contribution in [0.4, 0.5) is 14.6 Å². The predicted molar refractivity (Wildman–Crippen MR) is 128 cm³/mol. The summed E-state index contributed by atoms with van der Waals surface area (Å²) in [6, 6.07) is 12.8. The number of para-hydroxylation sites is 1. The number of nitriles is 1. The fraction of sp³-hybridized carbons (Fsp3) is 0.280. The van der Waals surface area contributed by atoms with Crippen LogP contribution in [0, 0.1) is 28.9 Å². The maximum Gasteiger partial charge on any atom is 0.243 e. The Morgan fingerprint density at radius 1 is 1.20 bits per heavy atom. The lowest BCUT2D eigenvalue weighted by Crippen LogP contribution is -2.36. The molecule has 2 heterocycles. The standard InChI is InChI=1S/C25H25F2N7O/c1-15(2)23(33-14-31-21-11-18(26)19(27)12-22(21)33)25(35)30-10-6-9-20-17(13-28)24(29)34(32-20)16-7-4-3-5-8-16/h3-5,7-8,11-12,14-15,23H,6,9-10,29H2,1-2H3,(H,30,35). The van der Waals surface area contributed by atoms with Gasteiger partial charge in [0.2, 0.25) is 5.91 Å². The maximum absolute atomic E-state index is 13.8. The van der Waals surface area contributed by atoms with E-state index in [9.17, 15) is 18.8 Å². The highest BCUT2D eigenvalue weighted by molar-refractivity contribution is 5.84. The highest BCUT2D eigenvalue weighted by Crippen LogP contribution is 2.26. The van der Waals surface area contributed by atoms with Gasteiger partial charge in [0.25, 0.3) is 0 Å². The molecule has 0 aliphatic heterocycles. The Hall–Kier alpha value is -4.26. The molecular weight excluding hydrogens is 452 g/mol. The van der Waals surface area contributed by atoms with E-state index in [1.807, 2.05) is 44.2 Å². The molecule has 0 saturated carbocycles. The van der Waals surface area contributed by atoms with Crippen LogP contribution in [0.3, 0.4) is 0 Å². The van der Waals surface area contributed by atoms with Gasteiger partial charge in [-0.15, -0.1) is 0 Å². The average molecular weight is 478 g/mol. The van der Waals surface area contributed by atoms with Crippen LogP contribution in [0.1, 0.15) is 37.6 Å². The minimum atomic E-state index is -0.996. The number of nitrogens with zero attached hydrogens (tertiary/aromatic N) is 5. The summed E-state index contributed by atoms with van der Waals surface area (Å²) in [5, 5.41) is 17.0. The SMILES string of the molecule is CC(C)C(C(=O)NCCCc1nn(-c2ccccc2)c(N)c1C#N)n1cnc2cc(F)c(F)cc21. The quantitative estimate of drug-likeness (QED) is 0.374. The first kappa shape index (κ1) is 23.9. The lowest BCUT2D eigenvalue weighted by Gasteiger charge is -2.22. The molecule has 2 aromatic carbocycles. The molecule has 10 heteroatoms. The number of carbonyl (C=O) groups excluding carboxylic acids is 1. The van der Waals surface area contributed by atoms with Gasteiger partial charge in [0.05, 0.1) is 28.7 Å². The molecule has 0 aliphatic carbocycles. The second-order valence-corrected chi connectivity index (χ2v) is 8.56. The summed E-state index contributed by atoms with van der Waals surface area (Å²) >= 11 is 0. The fourth-order valence-electron chi connectivity index (χ4n) is 4.11. The third-order valence-corrected chi connectivity index (χ3v) is 5.81. The Morgan fingerprint density at radius 2 is 1.91 bits per heavy atom. The second-order valence-electron chi connectivity index (χ2n) is 8.56. The Balaban J connectivity index is 1.44. The van der Waals surface area contributed by atoms with Gasteiger partial charge < -0.3 is 15.6 Å². The van der Waals surface area contributed by atoms with E-state index in [0.29, 0.717) is 36.2 Å². The molecule has 180 valence electrons. The van der Waals surface area contributed by atoms with Crippen molar-refractivity contribution < 1.29 is 13.6 Å². The van der Waals surface area contributed by atoms with Crippen molar-refractivity contribution in [2.75, 3.05) is 12.3 Å². The van der Waals surface area contributed by atoms with E-state index in [4.69, 9.17) is 5.73 Å². The number of nitrogens with two attached hydrogens (primary N) is 1. The number of halogens is 2. The van der Waals surface area contributed by atoms with Gasteiger partial charge in [0.15, 0.2) is 11.6 Å². The average Bonchev–Trinajstić information content (AvgIpc) is 3.37. The fourth-order valence-corrected chi connectivity index (χ4v) is 4.11. The Kier molecular flexibility index (Phi) is 6.78. The summed E-state index contributed by atoms with van der Waals surface area (Å²) in [5.41, 5.74) is 8.39. The molecule has 4 rings (SSSR count). The van der Waals surface area contributed by atoms with Crippen LogP contribution in [0.15, 0.2) is 48.8 Å². The third kappa shape index (κ3) is 4.71. The number of aryl methyl sites for hydroxylation is 1. The number of nitrogens with one attached hydrogen (secondary N) is 1. The van der Waals surface area contributed by atoms with Crippen molar-refractivity contribution in [1.29, 1.82) is 5.26 Å². The lowest BCUT2D eigenvalue weighted by molar-refractivity contribution is -0.125. The van der Waals surface area contributed by atoms with Crippen molar-refractivity contribution in [2.24, 2.45) is 5.92 Å². The smallest absolute Gasteiger partial charge is 0.243 e. The zero-order valence-corrected chi connectivity index (χ0v) is 19.4. The molecule has 0 saturated heterocycles. The van der Waals surface area contributed by atoms with Crippen molar-refractivity contribution in [3.8, 4) is 11.8 Å². The minimum absolute atomic E-state index is 0.132. The van der Waals surface area contributed by atoms with Gasteiger partial charge in [-0.25, -0.2) is 18.4 Å². The summed E-state index contributed by atoms with van der Waals surface area (Å²) in [4.78, 5) is 17.2. The Morgan fingerprint density at radius 3 is 2.60 bits per heavy atom. The van der Waals surface area contributed by atoms with Crippen molar-refractivity contribution in [2.45, 2.75) is 32.7 Å². The van der Waals surface area contributed by atoms with E-state index in [0.717, 1.165) is 17.8 Å². The number of hydrogen-bond acceptors (Lipinski definition) is 5. The highest BCUT2D eigenvalue weighted by Gasteiger charge is 2.26. The molecule has 8 nitrogen and oxygen atoms in total. The van der Waals surface area contributed by atoms with Crippen LogP contribution in [-0.2, 0) is 11.2 Å². The molecule has 35 heavy (non-hydrogen) atoms. The van der Waals surface area contributed by atoms with E-state index in [1.54, 1.807) is 4.57 Å². The van der Waals surface area contributed by atoms with Gasteiger partial charge in [0, 0.05) is 18.7 Å². The first-order chi connectivity index (χ1) is 16.8. The molecule has 0 aliphatic rings. The molecule has 0 bridgehead atoms. The Bertz CT molecular complexity index is 1400. The number of aromatic nitrogens is 4. The van der Waals surface area contributed by atoms with E-state index in [2.05, 4.69) is 21.5 Å². The molecule has 3 N–H and O–H groups in total. The zero-order valence-electron chi connectivity index (χ0n) is 19.4. The van der Waals surface area contributed by atoms with Gasteiger partial charge >= 0.3 is 0 Å². The van der Waals surface area contributed by atoms with Crippen molar-refractivity contribution in [3.63, 3.8) is 0 Å². The number of nitrogen functional groups attached to an aromatic ring is 1. The van der Waals surface area contributed by atoms with Gasteiger partial charge in [-0.1, -0.05) is 32.0 Å². The summed E-state index contributed by atoms with van der Waals surface area (Å²) in [5.74, 6) is -2.11. The van der Waals surface area contributed by atoms with Gasteiger partial charge in [-0.3, -0.25) is 4.79 Å². The van der Waals surface area contributed by atoms with Gasteiger partial charge in [-0.2, -0.15) is 10.4 Å². The van der Waals surface area contributed by atoms with Crippen molar-refractivity contribution in [3.05, 3.63) is 71.7 Å². The molecule has 1 atom stereocenters. The number of amides is 1. The van der Waals surface area contributed by atoms with Crippen LogP contribution in [0.5, 0.6) is 0 Å². The monoisotopic (exact) mass is 477 g/mol. The molecule has 0 radical (unpaired) electrons. The first-order valence-electron chi connectivity index (χ1n) is 11.2. The number of imidazole rings is 1. The van der Waals surface area contributed by atoms with Crippen LogP contribution in [-0.4, -0.2) is 31.8 Å². The third-order valence-electron chi connectivity index (χ3n) is 5.81. The largest absolute Gasteiger partial charge is 0.382 e. The molecule has 0 fully saturated rings. The van der Waals surface area contributed by atoms with Crippen LogP contribution < -0.4 is 11.1 Å². The molecule has 4 aromatic rings. The first-order valence-corrected chi connectivity index (χ1v) is 11.2. The second kappa shape index (κ2) is 9.93. The van der Waals surface area contributed by atoms with Crippen LogP contribution in [0.2, 0.25) is 0 Å². The van der Waals surface area contributed by atoms with Gasteiger partial charge in [-0.05, 0) is 30.9 Å². The number of hydrogen-bond donors (Lipinski definition) is 2. The number of fused-ring (bicyclic) bond motifs is 1. The molecule has 1 amide bonds. The molecule has 0 spiro atoms. The number of benzene rings is 2. The molecule has 1 unspecified atom stereocenters. The van der Waals surface area contributed by atoms with E-state index in [-0.39, 0.29) is 23.2 Å². The normalized spacial score (nSPS) is 12.1. The predicted octanol–water partition coefficient (Wildman–Crippen LogP) is 3.90. The number of rotatable bonds is 8. The highest BCUT2D eigenvalue weighted by atomic mass is 19.2. The summed E-state index contributed by atoms with van der Waals surface area (Å²) in [6.07, 6.45) is 2.39. The van der Waals surface area contributed by atoms with Gasteiger partial charge in [0.1, 0.15) is 23.5 Å². The Labute approximate surface area is 201 Å². The maximum atomic E-state index is 13.8. The van der Waals surface area contributed by atoms with E-state index in [1.165, 1.54) is 11.0 Å². The topological polar surface area (TPSA) is 115 Å². The summed E-state index contributed by atoms with van der Waals surface area (Å²) in [7, 11) is 0. The zero-order chi connectivity index (χ0) is 25.1. The summed E-state index contributed by atoms with van der Waals surface area (Å²) in [6.45, 7) is 4.07. The van der Waals surface area contributed by atoms with Crippen molar-refractivity contribution in [1.82, 2.24) is 24.6 Å². The molecular formula is C25H25F2N7O. The van der Waals surface area contributed by atoms with E-state index < -0.39 is 17.7 Å². The minimum Gasteiger partial charge on any atom is -0.382 e.